The normalized spacial score (nSPS) is 10.4. The molecule has 0 unspecified atom stereocenters. The fraction of sp³-hybridized carbons (Fsp3) is 0.0769. The van der Waals surface area contributed by atoms with Gasteiger partial charge in [-0.3, -0.25) is 0 Å². The van der Waals surface area contributed by atoms with Crippen molar-refractivity contribution in [2.75, 3.05) is 0 Å². The van der Waals surface area contributed by atoms with E-state index in [4.69, 9.17) is 27.9 Å². The Morgan fingerprint density at radius 2 is 2.00 bits per heavy atom. The molecule has 0 aliphatic heterocycles. The lowest BCUT2D eigenvalue weighted by atomic mass is 10.2. The molecule has 0 amide bonds. The van der Waals surface area contributed by atoms with E-state index in [-0.39, 0.29) is 10.8 Å². The molecule has 0 aliphatic rings. The Morgan fingerprint density at radius 3 is 2.67 bits per heavy atom. The molecule has 0 radical (unpaired) electrons. The van der Waals surface area contributed by atoms with Gasteiger partial charge < -0.3 is 4.74 Å². The minimum Gasteiger partial charge on any atom is -0.454 e. The average Bonchev–Trinajstić information content (AvgIpc) is 2.35. The topological polar surface area (TPSA) is 9.23 Å². The summed E-state index contributed by atoms with van der Waals surface area (Å²) in [6.45, 7) is 0. The fourth-order valence-corrected chi connectivity index (χ4v) is 2.45. The lowest BCUT2D eigenvalue weighted by Crippen LogP contribution is -1.90. The van der Waals surface area contributed by atoms with Crippen LogP contribution >= 0.6 is 39.1 Å². The molecule has 0 spiro atoms. The van der Waals surface area contributed by atoms with Crippen LogP contribution in [-0.2, 0) is 5.88 Å². The van der Waals surface area contributed by atoms with Crippen molar-refractivity contribution in [3.05, 3.63) is 57.3 Å². The van der Waals surface area contributed by atoms with Crippen LogP contribution in [0.3, 0.4) is 0 Å². The number of hydrogen-bond donors (Lipinski definition) is 0. The Bertz CT molecular complexity index is 575. The monoisotopic (exact) mass is 348 g/mol. The number of hydrogen-bond acceptors (Lipinski definition) is 1. The molecule has 94 valence electrons. The molecule has 0 atom stereocenters. The van der Waals surface area contributed by atoms with Gasteiger partial charge in [0.1, 0.15) is 5.75 Å². The van der Waals surface area contributed by atoms with E-state index in [1.54, 1.807) is 18.2 Å². The van der Waals surface area contributed by atoms with Crippen molar-refractivity contribution in [3.63, 3.8) is 0 Å². The minimum atomic E-state index is -0.572. The van der Waals surface area contributed by atoms with E-state index in [0.29, 0.717) is 11.6 Å². The van der Waals surface area contributed by atoms with Crippen LogP contribution in [0.4, 0.5) is 4.39 Å². The first-order chi connectivity index (χ1) is 8.61. The van der Waals surface area contributed by atoms with E-state index in [1.807, 2.05) is 6.07 Å². The van der Waals surface area contributed by atoms with E-state index < -0.39 is 5.82 Å². The molecule has 0 saturated heterocycles. The average molecular weight is 350 g/mol. The van der Waals surface area contributed by atoms with Gasteiger partial charge in [-0.05, 0) is 29.8 Å². The molecular formula is C13H8BrCl2FO. The highest BCUT2D eigenvalue weighted by atomic mass is 79.9. The van der Waals surface area contributed by atoms with E-state index in [1.165, 1.54) is 12.1 Å². The molecule has 2 aromatic rings. The maximum atomic E-state index is 13.6. The lowest BCUT2D eigenvalue weighted by molar-refractivity contribution is 0.442. The first-order valence-electron chi connectivity index (χ1n) is 5.08. The Balaban J connectivity index is 2.29. The van der Waals surface area contributed by atoms with Gasteiger partial charge in [0.15, 0.2) is 11.6 Å². The van der Waals surface area contributed by atoms with Crippen molar-refractivity contribution in [2.24, 2.45) is 0 Å². The van der Waals surface area contributed by atoms with E-state index in [9.17, 15) is 4.39 Å². The zero-order chi connectivity index (χ0) is 13.1. The predicted octanol–water partition coefficient (Wildman–Crippen LogP) is 5.77. The number of halogens is 4. The van der Waals surface area contributed by atoms with Crippen molar-refractivity contribution in [1.29, 1.82) is 0 Å². The molecule has 0 fully saturated rings. The van der Waals surface area contributed by atoms with Gasteiger partial charge in [0.05, 0.1) is 5.02 Å². The summed E-state index contributed by atoms with van der Waals surface area (Å²) in [6.07, 6.45) is 0. The standard InChI is InChI=1S/C13H8BrCl2FO/c14-10-6-9(5-4-8(10)7-15)18-12-3-1-2-11(16)13(12)17/h1-6H,7H2. The molecule has 0 saturated carbocycles. The fourth-order valence-electron chi connectivity index (χ4n) is 1.39. The van der Waals surface area contributed by atoms with Crippen molar-refractivity contribution in [1.82, 2.24) is 0 Å². The molecule has 0 N–H and O–H groups in total. The highest BCUT2D eigenvalue weighted by Gasteiger charge is 2.09. The molecule has 0 aliphatic carbocycles. The van der Waals surface area contributed by atoms with Gasteiger partial charge in [-0.1, -0.05) is 39.7 Å². The molecule has 5 heteroatoms. The molecule has 0 heterocycles. The summed E-state index contributed by atoms with van der Waals surface area (Å²) in [6, 6.07) is 9.89. The first-order valence-corrected chi connectivity index (χ1v) is 6.78. The van der Waals surface area contributed by atoms with Gasteiger partial charge in [0.25, 0.3) is 0 Å². The van der Waals surface area contributed by atoms with Gasteiger partial charge in [-0.25, -0.2) is 4.39 Å². The lowest BCUT2D eigenvalue weighted by Gasteiger charge is -2.09. The van der Waals surface area contributed by atoms with Crippen LogP contribution in [0.5, 0.6) is 11.5 Å². The van der Waals surface area contributed by atoms with Crippen LogP contribution in [0.15, 0.2) is 40.9 Å². The zero-order valence-corrected chi connectivity index (χ0v) is 12.2. The zero-order valence-electron chi connectivity index (χ0n) is 9.09. The number of ether oxygens (including phenoxy) is 1. The van der Waals surface area contributed by atoms with Crippen molar-refractivity contribution >= 4 is 39.1 Å². The van der Waals surface area contributed by atoms with E-state index in [2.05, 4.69) is 15.9 Å². The van der Waals surface area contributed by atoms with Gasteiger partial charge in [0, 0.05) is 10.4 Å². The van der Waals surface area contributed by atoms with Gasteiger partial charge in [0.2, 0.25) is 0 Å². The summed E-state index contributed by atoms with van der Waals surface area (Å²) < 4.78 is 19.9. The Kier molecular flexibility index (Phi) is 4.49. The third kappa shape index (κ3) is 2.97. The Labute approximate surface area is 123 Å². The summed E-state index contributed by atoms with van der Waals surface area (Å²) in [5.74, 6) is 0.425. The number of benzene rings is 2. The summed E-state index contributed by atoms with van der Waals surface area (Å²) in [5.41, 5.74) is 0.940. The minimum absolute atomic E-state index is 0.0314. The third-order valence-electron chi connectivity index (χ3n) is 2.31. The highest BCUT2D eigenvalue weighted by Crippen LogP contribution is 2.31. The van der Waals surface area contributed by atoms with Gasteiger partial charge in [-0.15, -0.1) is 11.6 Å². The third-order valence-corrected chi connectivity index (χ3v) is 3.63. The van der Waals surface area contributed by atoms with Crippen LogP contribution in [-0.4, -0.2) is 0 Å². The molecule has 18 heavy (non-hydrogen) atoms. The van der Waals surface area contributed by atoms with Gasteiger partial charge >= 0.3 is 0 Å². The van der Waals surface area contributed by atoms with Gasteiger partial charge in [-0.2, -0.15) is 0 Å². The van der Waals surface area contributed by atoms with Crippen LogP contribution in [0.1, 0.15) is 5.56 Å². The Hall–Kier alpha value is -0.770. The van der Waals surface area contributed by atoms with Crippen LogP contribution in [0, 0.1) is 5.82 Å². The molecule has 2 aromatic carbocycles. The van der Waals surface area contributed by atoms with Crippen molar-refractivity contribution in [2.45, 2.75) is 5.88 Å². The molecule has 1 nitrogen and oxygen atoms in total. The largest absolute Gasteiger partial charge is 0.454 e. The SMILES string of the molecule is Fc1c(Cl)cccc1Oc1ccc(CCl)c(Br)c1. The van der Waals surface area contributed by atoms with Crippen LogP contribution in [0.2, 0.25) is 5.02 Å². The predicted molar refractivity (Wildman–Crippen MR) is 75.2 cm³/mol. The summed E-state index contributed by atoms with van der Waals surface area (Å²) in [7, 11) is 0. The highest BCUT2D eigenvalue weighted by molar-refractivity contribution is 9.10. The molecular weight excluding hydrogens is 342 g/mol. The first kappa shape index (κ1) is 13.7. The number of rotatable bonds is 3. The molecule has 0 bridgehead atoms. The summed E-state index contributed by atoms with van der Waals surface area (Å²) in [5, 5.41) is 0.0314. The summed E-state index contributed by atoms with van der Waals surface area (Å²) >= 11 is 14.8. The Morgan fingerprint density at radius 1 is 1.22 bits per heavy atom. The molecule has 0 aromatic heterocycles. The smallest absolute Gasteiger partial charge is 0.184 e. The second-order valence-corrected chi connectivity index (χ2v) is 5.07. The maximum absolute atomic E-state index is 13.6. The van der Waals surface area contributed by atoms with Crippen molar-refractivity contribution in [3.8, 4) is 11.5 Å². The summed E-state index contributed by atoms with van der Waals surface area (Å²) in [4.78, 5) is 0. The second-order valence-electron chi connectivity index (χ2n) is 3.54. The second kappa shape index (κ2) is 5.91. The maximum Gasteiger partial charge on any atom is 0.184 e. The quantitative estimate of drug-likeness (QED) is 0.639. The van der Waals surface area contributed by atoms with Crippen LogP contribution in [0.25, 0.3) is 0 Å². The molecule has 2 rings (SSSR count). The van der Waals surface area contributed by atoms with E-state index in [0.717, 1.165) is 10.0 Å². The number of alkyl halides is 1. The van der Waals surface area contributed by atoms with E-state index >= 15 is 0 Å². The van der Waals surface area contributed by atoms with Crippen molar-refractivity contribution < 1.29 is 9.13 Å². The van der Waals surface area contributed by atoms with Crippen LogP contribution < -0.4 is 4.74 Å².